The Kier molecular flexibility index (Phi) is 11.3. The van der Waals surface area contributed by atoms with E-state index >= 15 is 0 Å². The molecule has 0 atom stereocenters. The van der Waals surface area contributed by atoms with Crippen LogP contribution in [0.1, 0.15) is 44.5 Å². The predicted molar refractivity (Wildman–Crippen MR) is 189 cm³/mol. The largest absolute Gasteiger partial charge is 0.120 e. The normalized spacial score (nSPS) is 11.1. The number of benzene rings is 5. The van der Waals surface area contributed by atoms with Gasteiger partial charge in [0.2, 0.25) is 0 Å². The Bertz CT molecular complexity index is 1330. The van der Waals surface area contributed by atoms with Crippen LogP contribution < -0.4 is 0 Å². The number of thioether (sulfide) groups is 4. The van der Waals surface area contributed by atoms with Crippen LogP contribution >= 0.6 is 47.0 Å². The van der Waals surface area contributed by atoms with Gasteiger partial charge in [-0.2, -0.15) is 0 Å². The van der Waals surface area contributed by atoms with E-state index in [0.29, 0.717) is 0 Å². The molecule has 0 aliphatic carbocycles. The zero-order chi connectivity index (χ0) is 29.3. The predicted octanol–water partition coefficient (Wildman–Crippen LogP) is 12.1. The number of aryl methyl sites for hydroxylation is 4. The molecule has 0 unspecified atom stereocenters. The smallest absolute Gasteiger partial charge is 0.0232 e. The molecule has 4 heteroatoms. The molecule has 0 aromatic heterocycles. The quantitative estimate of drug-likeness (QED) is 0.127. The van der Waals surface area contributed by atoms with Crippen molar-refractivity contribution in [3.63, 3.8) is 0 Å². The van der Waals surface area contributed by atoms with Gasteiger partial charge in [-0.1, -0.05) is 119 Å². The average molecular weight is 623 g/mol. The molecule has 0 fully saturated rings. The zero-order valence-electron chi connectivity index (χ0n) is 24.9. The van der Waals surface area contributed by atoms with Gasteiger partial charge in [-0.3, -0.25) is 0 Å². The zero-order valence-corrected chi connectivity index (χ0v) is 28.1. The molecule has 5 aromatic rings. The molecule has 5 aromatic carbocycles. The standard InChI is InChI=1S/C38H38S4/c1-27-5-13-31(14-6-27)23-39-35-21-37(41-25-33-17-9-29(3)10-18-33)38(42-26-34-19-11-30(4)12-20-34)22-36(35)40-24-32-15-7-28(2)8-16-32/h5-22H,23-26H2,1-4H3. The molecule has 0 bridgehead atoms. The van der Waals surface area contributed by atoms with E-state index in [-0.39, 0.29) is 0 Å². The van der Waals surface area contributed by atoms with Gasteiger partial charge in [-0.15, -0.1) is 47.0 Å². The molecule has 0 radical (unpaired) electrons. The Labute approximate surface area is 269 Å². The van der Waals surface area contributed by atoms with Crippen molar-refractivity contribution < 1.29 is 0 Å². The highest BCUT2D eigenvalue weighted by Crippen LogP contribution is 2.43. The van der Waals surface area contributed by atoms with Gasteiger partial charge in [0.15, 0.2) is 0 Å². The highest BCUT2D eigenvalue weighted by molar-refractivity contribution is 8.02. The van der Waals surface area contributed by atoms with Gasteiger partial charge < -0.3 is 0 Å². The first-order valence-electron chi connectivity index (χ1n) is 14.3. The van der Waals surface area contributed by atoms with Crippen molar-refractivity contribution in [2.45, 2.75) is 70.3 Å². The molecular weight excluding hydrogens is 585 g/mol. The maximum Gasteiger partial charge on any atom is 0.0232 e. The summed E-state index contributed by atoms with van der Waals surface area (Å²) in [4.78, 5) is 5.50. The minimum absolute atomic E-state index is 0.969. The van der Waals surface area contributed by atoms with Crippen LogP contribution in [0.2, 0.25) is 0 Å². The third kappa shape index (κ3) is 9.25. The van der Waals surface area contributed by atoms with Crippen LogP contribution in [0.3, 0.4) is 0 Å². The van der Waals surface area contributed by atoms with Crippen molar-refractivity contribution in [2.24, 2.45) is 0 Å². The van der Waals surface area contributed by atoms with Crippen molar-refractivity contribution in [2.75, 3.05) is 0 Å². The number of hydrogen-bond donors (Lipinski definition) is 0. The summed E-state index contributed by atoms with van der Waals surface area (Å²) in [5.41, 5.74) is 10.7. The Hall–Kier alpha value is -2.50. The maximum absolute atomic E-state index is 2.46. The van der Waals surface area contributed by atoms with Gasteiger partial charge in [-0.05, 0) is 62.1 Å². The second-order valence-electron chi connectivity index (χ2n) is 10.8. The SMILES string of the molecule is Cc1ccc(CSc2cc(SCc3ccc(C)cc3)c(SCc3ccc(C)cc3)cc2SCc2ccc(C)cc2)cc1. The van der Waals surface area contributed by atoms with Gasteiger partial charge >= 0.3 is 0 Å². The van der Waals surface area contributed by atoms with Gasteiger partial charge in [0.25, 0.3) is 0 Å². The molecule has 0 aliphatic heterocycles. The molecular formula is C38H38S4. The second-order valence-corrected chi connectivity index (χ2v) is 14.9. The van der Waals surface area contributed by atoms with E-state index < -0.39 is 0 Å². The van der Waals surface area contributed by atoms with Crippen molar-refractivity contribution in [1.82, 2.24) is 0 Å². The summed E-state index contributed by atoms with van der Waals surface area (Å²) < 4.78 is 0. The van der Waals surface area contributed by atoms with E-state index in [4.69, 9.17) is 0 Å². The van der Waals surface area contributed by atoms with Gasteiger partial charge in [0.05, 0.1) is 0 Å². The summed E-state index contributed by atoms with van der Waals surface area (Å²) in [7, 11) is 0. The lowest BCUT2D eigenvalue weighted by Gasteiger charge is -2.16. The summed E-state index contributed by atoms with van der Waals surface area (Å²) in [6, 6.07) is 40.8. The van der Waals surface area contributed by atoms with Gasteiger partial charge in [0, 0.05) is 42.6 Å². The monoisotopic (exact) mass is 622 g/mol. The van der Waals surface area contributed by atoms with Crippen LogP contribution in [-0.2, 0) is 23.0 Å². The van der Waals surface area contributed by atoms with Gasteiger partial charge in [0.1, 0.15) is 0 Å². The fraction of sp³-hybridized carbons (Fsp3) is 0.211. The van der Waals surface area contributed by atoms with E-state index in [1.807, 2.05) is 47.0 Å². The van der Waals surface area contributed by atoms with Crippen LogP contribution in [-0.4, -0.2) is 0 Å². The number of hydrogen-bond acceptors (Lipinski definition) is 4. The second kappa shape index (κ2) is 15.3. The highest BCUT2D eigenvalue weighted by Gasteiger charge is 2.14. The molecule has 0 amide bonds. The van der Waals surface area contributed by atoms with Crippen LogP contribution in [0.5, 0.6) is 0 Å². The van der Waals surface area contributed by atoms with E-state index in [1.165, 1.54) is 64.1 Å². The molecule has 0 saturated carbocycles. The Balaban J connectivity index is 1.44. The van der Waals surface area contributed by atoms with Gasteiger partial charge in [-0.25, -0.2) is 0 Å². The van der Waals surface area contributed by atoms with E-state index in [2.05, 4.69) is 137 Å². The first-order valence-corrected chi connectivity index (χ1v) is 18.3. The van der Waals surface area contributed by atoms with E-state index in [0.717, 1.165) is 23.0 Å². The van der Waals surface area contributed by atoms with Crippen molar-refractivity contribution in [3.8, 4) is 0 Å². The van der Waals surface area contributed by atoms with E-state index in [1.54, 1.807) is 0 Å². The molecule has 214 valence electrons. The lowest BCUT2D eigenvalue weighted by molar-refractivity contribution is 1.08. The maximum atomic E-state index is 2.46. The van der Waals surface area contributed by atoms with Crippen LogP contribution in [0, 0.1) is 27.7 Å². The Morgan fingerprint density at radius 1 is 0.310 bits per heavy atom. The molecule has 0 N–H and O–H groups in total. The third-order valence-electron chi connectivity index (χ3n) is 7.07. The lowest BCUT2D eigenvalue weighted by Crippen LogP contribution is -1.91. The van der Waals surface area contributed by atoms with Crippen molar-refractivity contribution in [3.05, 3.63) is 154 Å². The first-order chi connectivity index (χ1) is 20.4. The fourth-order valence-corrected chi connectivity index (χ4v) is 8.88. The average Bonchev–Trinajstić information content (AvgIpc) is 3.00. The van der Waals surface area contributed by atoms with Crippen molar-refractivity contribution in [1.29, 1.82) is 0 Å². The minimum atomic E-state index is 0.969. The van der Waals surface area contributed by atoms with Crippen molar-refractivity contribution >= 4 is 47.0 Å². The number of rotatable bonds is 12. The Morgan fingerprint density at radius 3 is 0.690 bits per heavy atom. The molecule has 0 nitrogen and oxygen atoms in total. The minimum Gasteiger partial charge on any atom is -0.120 e. The Morgan fingerprint density at radius 2 is 0.500 bits per heavy atom. The fourth-order valence-electron chi connectivity index (χ4n) is 4.36. The highest BCUT2D eigenvalue weighted by atomic mass is 32.2. The summed E-state index contributed by atoms with van der Waals surface area (Å²) >= 11 is 7.85. The topological polar surface area (TPSA) is 0 Å². The van der Waals surface area contributed by atoms with Crippen LogP contribution in [0.25, 0.3) is 0 Å². The first kappa shape index (κ1) is 30.9. The summed E-state index contributed by atoms with van der Waals surface area (Å²) in [5, 5.41) is 0. The molecule has 0 saturated heterocycles. The van der Waals surface area contributed by atoms with Crippen LogP contribution in [0.4, 0.5) is 0 Å². The third-order valence-corrected chi connectivity index (χ3v) is 11.8. The molecule has 0 heterocycles. The molecule has 0 aliphatic rings. The summed E-state index contributed by atoms with van der Waals surface area (Å²) in [5.74, 6) is 3.87. The molecule has 42 heavy (non-hydrogen) atoms. The molecule has 0 spiro atoms. The van der Waals surface area contributed by atoms with E-state index in [9.17, 15) is 0 Å². The lowest BCUT2D eigenvalue weighted by atomic mass is 10.2. The summed E-state index contributed by atoms with van der Waals surface area (Å²) in [6.45, 7) is 8.62. The summed E-state index contributed by atoms with van der Waals surface area (Å²) in [6.07, 6.45) is 0. The van der Waals surface area contributed by atoms with Crippen LogP contribution in [0.15, 0.2) is 129 Å². The molecule has 5 rings (SSSR count).